The standard InChI is InChI=1S/C14H16FN3S.CH4N2O/c1-3-10-4-6-12(15)14(18(2)16)11(10)5-7-13-17-8-9-19-13;2-3-1-4/h4-9H,3,16H2,1-2H3;1H,2H2,(H,3,4)/b7-5+;. The summed E-state index contributed by atoms with van der Waals surface area (Å²) >= 11 is 1.54. The van der Waals surface area contributed by atoms with Gasteiger partial charge in [0.05, 0.1) is 5.69 Å². The van der Waals surface area contributed by atoms with Gasteiger partial charge in [0.1, 0.15) is 10.8 Å². The van der Waals surface area contributed by atoms with Crippen molar-refractivity contribution in [3.05, 3.63) is 45.7 Å². The fraction of sp³-hybridized carbons (Fsp3) is 0.200. The number of benzene rings is 1. The van der Waals surface area contributed by atoms with Gasteiger partial charge in [-0.2, -0.15) is 0 Å². The van der Waals surface area contributed by atoms with Crippen LogP contribution in [-0.4, -0.2) is 18.4 Å². The Bertz CT molecular complexity index is 644. The molecular formula is C15H20FN5OS. The molecule has 2 aromatic rings. The topological polar surface area (TPSA) is 97.3 Å². The van der Waals surface area contributed by atoms with Crippen LogP contribution in [0.2, 0.25) is 0 Å². The Hall–Kier alpha value is -2.29. The van der Waals surface area contributed by atoms with Gasteiger partial charge in [-0.25, -0.2) is 21.1 Å². The highest BCUT2D eigenvalue weighted by atomic mass is 32.1. The Morgan fingerprint density at radius 2 is 2.13 bits per heavy atom. The zero-order valence-corrected chi connectivity index (χ0v) is 13.8. The summed E-state index contributed by atoms with van der Waals surface area (Å²) in [5.41, 5.74) is 4.02. The second-order valence-corrected chi connectivity index (χ2v) is 5.35. The zero-order chi connectivity index (χ0) is 17.2. The van der Waals surface area contributed by atoms with E-state index in [0.29, 0.717) is 12.1 Å². The molecule has 0 atom stereocenters. The molecule has 0 spiro atoms. The molecule has 0 aliphatic heterocycles. The van der Waals surface area contributed by atoms with E-state index in [4.69, 9.17) is 10.6 Å². The Kier molecular flexibility index (Phi) is 7.89. The van der Waals surface area contributed by atoms with Gasteiger partial charge in [-0.3, -0.25) is 10.2 Å². The normalized spacial score (nSPS) is 10.1. The summed E-state index contributed by atoms with van der Waals surface area (Å²) in [5.74, 6) is 9.83. The van der Waals surface area contributed by atoms with Gasteiger partial charge in [-0.1, -0.05) is 13.0 Å². The summed E-state index contributed by atoms with van der Waals surface area (Å²) in [6.07, 6.45) is 6.72. The quantitative estimate of drug-likeness (QED) is 0.335. The molecule has 2 rings (SSSR count). The summed E-state index contributed by atoms with van der Waals surface area (Å²) in [5, 5.41) is 4.11. The van der Waals surface area contributed by atoms with Crippen molar-refractivity contribution in [3.8, 4) is 0 Å². The molecule has 1 amide bonds. The highest BCUT2D eigenvalue weighted by Crippen LogP contribution is 2.28. The van der Waals surface area contributed by atoms with Crippen LogP contribution < -0.4 is 22.1 Å². The van der Waals surface area contributed by atoms with Crippen molar-refractivity contribution < 1.29 is 9.18 Å². The molecule has 0 radical (unpaired) electrons. The molecule has 1 aromatic carbocycles. The third kappa shape index (κ3) is 5.44. The summed E-state index contributed by atoms with van der Waals surface area (Å²) in [6.45, 7) is 2.04. The molecule has 0 bridgehead atoms. The molecule has 1 heterocycles. The van der Waals surface area contributed by atoms with Crippen molar-refractivity contribution in [1.29, 1.82) is 0 Å². The van der Waals surface area contributed by atoms with Gasteiger partial charge in [-0.15, -0.1) is 11.3 Å². The van der Waals surface area contributed by atoms with Crippen molar-refractivity contribution in [2.45, 2.75) is 13.3 Å². The van der Waals surface area contributed by atoms with Crippen LogP contribution in [0.5, 0.6) is 0 Å². The van der Waals surface area contributed by atoms with E-state index in [1.165, 1.54) is 22.4 Å². The number of hydrogen-bond acceptors (Lipinski definition) is 6. The molecule has 0 aliphatic carbocycles. The van der Waals surface area contributed by atoms with Crippen LogP contribution in [0.15, 0.2) is 23.7 Å². The monoisotopic (exact) mass is 337 g/mol. The van der Waals surface area contributed by atoms with E-state index in [-0.39, 0.29) is 5.82 Å². The van der Waals surface area contributed by atoms with Crippen LogP contribution in [0.25, 0.3) is 12.2 Å². The van der Waals surface area contributed by atoms with E-state index in [0.717, 1.165) is 22.6 Å². The largest absolute Gasteiger partial charge is 0.311 e. The van der Waals surface area contributed by atoms with Gasteiger partial charge in [0.2, 0.25) is 6.41 Å². The lowest BCUT2D eigenvalue weighted by Gasteiger charge is -2.18. The first-order chi connectivity index (χ1) is 11.0. The maximum Gasteiger partial charge on any atom is 0.221 e. The van der Waals surface area contributed by atoms with Gasteiger partial charge >= 0.3 is 0 Å². The van der Waals surface area contributed by atoms with E-state index in [1.807, 2.05) is 24.5 Å². The minimum atomic E-state index is -0.319. The van der Waals surface area contributed by atoms with E-state index < -0.39 is 0 Å². The number of aryl methyl sites for hydroxylation is 1. The van der Waals surface area contributed by atoms with E-state index >= 15 is 0 Å². The number of hydrogen-bond donors (Lipinski definition) is 3. The van der Waals surface area contributed by atoms with Crippen molar-refractivity contribution in [2.75, 3.05) is 12.1 Å². The number of nitrogens with one attached hydrogen (secondary N) is 1. The number of anilines is 1. The van der Waals surface area contributed by atoms with Gasteiger partial charge in [-0.05, 0) is 30.2 Å². The molecule has 0 aliphatic rings. The summed E-state index contributed by atoms with van der Waals surface area (Å²) in [4.78, 5) is 13.1. The third-order valence-corrected chi connectivity index (χ3v) is 3.64. The molecule has 0 saturated heterocycles. The lowest BCUT2D eigenvalue weighted by atomic mass is 10.0. The number of carbonyl (C=O) groups excluding carboxylic acids is 1. The van der Waals surface area contributed by atoms with Crippen LogP contribution in [0.3, 0.4) is 0 Å². The minimum absolute atomic E-state index is 0.319. The van der Waals surface area contributed by atoms with Crippen molar-refractivity contribution in [2.24, 2.45) is 11.7 Å². The van der Waals surface area contributed by atoms with Crippen LogP contribution in [-0.2, 0) is 11.2 Å². The van der Waals surface area contributed by atoms with Crippen molar-refractivity contribution in [1.82, 2.24) is 10.4 Å². The van der Waals surface area contributed by atoms with Crippen LogP contribution in [0.1, 0.15) is 23.1 Å². The zero-order valence-electron chi connectivity index (χ0n) is 13.0. The average molecular weight is 337 g/mol. The molecule has 5 N–H and O–H groups in total. The van der Waals surface area contributed by atoms with E-state index in [1.54, 1.807) is 24.7 Å². The number of carbonyl (C=O) groups is 1. The molecule has 6 nitrogen and oxygen atoms in total. The third-order valence-electron chi connectivity index (χ3n) is 2.90. The fourth-order valence-corrected chi connectivity index (χ4v) is 2.48. The number of nitrogens with two attached hydrogens (primary N) is 2. The summed E-state index contributed by atoms with van der Waals surface area (Å²) in [7, 11) is 1.64. The van der Waals surface area contributed by atoms with Crippen molar-refractivity contribution >= 4 is 35.6 Å². The maximum absolute atomic E-state index is 13.9. The molecule has 0 unspecified atom stereocenters. The number of thiazole rings is 1. The minimum Gasteiger partial charge on any atom is -0.311 e. The Morgan fingerprint density at radius 1 is 1.43 bits per heavy atom. The maximum atomic E-state index is 13.9. The molecule has 8 heteroatoms. The van der Waals surface area contributed by atoms with Crippen LogP contribution >= 0.6 is 11.3 Å². The molecule has 1 aromatic heterocycles. The predicted molar refractivity (Wildman–Crippen MR) is 92.8 cm³/mol. The second kappa shape index (κ2) is 9.67. The Balaban J connectivity index is 0.000000593. The van der Waals surface area contributed by atoms with E-state index in [2.05, 4.69) is 10.8 Å². The lowest BCUT2D eigenvalue weighted by molar-refractivity contribution is -0.109. The number of aromatic nitrogens is 1. The molecule has 0 saturated carbocycles. The summed E-state index contributed by atoms with van der Waals surface area (Å²) in [6, 6.07) is 3.25. The number of halogens is 1. The lowest BCUT2D eigenvalue weighted by Crippen LogP contribution is -2.27. The highest BCUT2D eigenvalue weighted by Gasteiger charge is 2.12. The first kappa shape index (κ1) is 18.8. The fourth-order valence-electron chi connectivity index (χ4n) is 1.95. The van der Waals surface area contributed by atoms with Crippen molar-refractivity contribution in [3.63, 3.8) is 0 Å². The Morgan fingerprint density at radius 3 is 2.61 bits per heavy atom. The van der Waals surface area contributed by atoms with E-state index in [9.17, 15) is 4.39 Å². The molecular weight excluding hydrogens is 317 g/mol. The van der Waals surface area contributed by atoms with Crippen LogP contribution in [0.4, 0.5) is 10.1 Å². The SMILES string of the molecule is CCc1ccc(F)c(N(C)N)c1/C=C/c1nccs1.NNC=O. The van der Waals surface area contributed by atoms with Crippen LogP contribution in [0, 0.1) is 5.82 Å². The smallest absolute Gasteiger partial charge is 0.221 e. The van der Waals surface area contributed by atoms with Gasteiger partial charge < -0.3 is 5.01 Å². The first-order valence-corrected chi connectivity index (χ1v) is 7.70. The van der Waals surface area contributed by atoms with Gasteiger partial charge in [0.25, 0.3) is 0 Å². The average Bonchev–Trinajstić information content (AvgIpc) is 3.06. The molecule has 0 fully saturated rings. The number of rotatable bonds is 5. The first-order valence-electron chi connectivity index (χ1n) is 6.82. The molecule has 124 valence electrons. The summed E-state index contributed by atoms with van der Waals surface area (Å²) < 4.78 is 13.9. The highest BCUT2D eigenvalue weighted by molar-refractivity contribution is 7.10. The predicted octanol–water partition coefficient (Wildman–Crippen LogP) is 1.93. The van der Waals surface area contributed by atoms with Gasteiger partial charge in [0.15, 0.2) is 0 Å². The van der Waals surface area contributed by atoms with Gasteiger partial charge in [0, 0.05) is 24.2 Å². The number of nitrogens with zero attached hydrogens (tertiary/aromatic N) is 2. The molecule has 23 heavy (non-hydrogen) atoms. The number of amides is 1. The second-order valence-electron chi connectivity index (χ2n) is 4.42. The number of hydrazine groups is 2. The Labute approximate surface area is 138 Å².